The van der Waals surface area contributed by atoms with Gasteiger partial charge in [0, 0.05) is 29.2 Å². The quantitative estimate of drug-likeness (QED) is 0.897. The van der Waals surface area contributed by atoms with Crippen molar-refractivity contribution in [1.82, 2.24) is 10.3 Å². The number of aromatic nitrogens is 1. The van der Waals surface area contributed by atoms with Crippen LogP contribution in [0.25, 0.3) is 0 Å². The lowest BCUT2D eigenvalue weighted by Gasteiger charge is -2.09. The molecule has 3 rings (SSSR count). The van der Waals surface area contributed by atoms with Crippen LogP contribution < -0.4 is 10.6 Å². The van der Waals surface area contributed by atoms with Crippen molar-refractivity contribution in [2.75, 3.05) is 5.32 Å². The van der Waals surface area contributed by atoms with E-state index in [4.69, 9.17) is 4.74 Å². The van der Waals surface area contributed by atoms with Gasteiger partial charge in [0.25, 0.3) is 11.8 Å². The molecule has 0 bridgehead atoms. The number of pyridine rings is 1. The fourth-order valence-electron chi connectivity index (χ4n) is 2.02. The summed E-state index contributed by atoms with van der Waals surface area (Å²) in [6.45, 7) is 0. The van der Waals surface area contributed by atoms with Crippen molar-refractivity contribution in [3.8, 4) is 0 Å². The molecule has 0 aliphatic carbocycles. The van der Waals surface area contributed by atoms with E-state index in [1.54, 1.807) is 36.4 Å². The number of carbonyl (C=O) groups excluding carboxylic acids is 3. The highest BCUT2D eigenvalue weighted by atomic mass is 16.6. The molecule has 1 aromatic heterocycles. The summed E-state index contributed by atoms with van der Waals surface area (Å²) in [5.41, 5.74) is 1.59. The van der Waals surface area contributed by atoms with Crippen molar-refractivity contribution in [2.24, 2.45) is 0 Å². The van der Waals surface area contributed by atoms with Gasteiger partial charge in [-0.2, -0.15) is 0 Å². The topological polar surface area (TPSA) is 97.4 Å². The van der Waals surface area contributed by atoms with Gasteiger partial charge in [-0.15, -0.1) is 0 Å². The molecule has 1 aliphatic heterocycles. The van der Waals surface area contributed by atoms with Crippen molar-refractivity contribution >= 4 is 23.6 Å². The number of hydrogen-bond acceptors (Lipinski definition) is 5. The number of rotatable bonds is 3. The zero-order valence-electron chi connectivity index (χ0n) is 11.3. The summed E-state index contributed by atoms with van der Waals surface area (Å²) in [6, 6.07) is 9.70. The summed E-state index contributed by atoms with van der Waals surface area (Å²) in [5.74, 6) is -0.765. The van der Waals surface area contributed by atoms with Gasteiger partial charge in [-0.05, 0) is 24.3 Å². The van der Waals surface area contributed by atoms with Crippen molar-refractivity contribution < 1.29 is 19.1 Å². The van der Waals surface area contributed by atoms with E-state index < -0.39 is 18.1 Å². The number of alkyl carbamates (subject to hydrolysis) is 1. The first-order valence-electron chi connectivity index (χ1n) is 6.46. The maximum atomic E-state index is 12.0. The molecule has 1 saturated heterocycles. The van der Waals surface area contributed by atoms with Gasteiger partial charge in [0.15, 0.2) is 0 Å². The second-order valence-electron chi connectivity index (χ2n) is 4.59. The monoisotopic (exact) mass is 297 g/mol. The van der Waals surface area contributed by atoms with Gasteiger partial charge >= 0.3 is 6.09 Å². The van der Waals surface area contributed by atoms with E-state index in [0.717, 1.165) is 0 Å². The number of imide groups is 1. The molecular weight excluding hydrogens is 286 g/mol. The number of anilines is 1. The zero-order chi connectivity index (χ0) is 15.5. The molecule has 0 radical (unpaired) electrons. The molecule has 2 heterocycles. The number of cyclic esters (lactones) is 1. The lowest BCUT2D eigenvalue weighted by Crippen LogP contribution is -2.20. The van der Waals surface area contributed by atoms with Gasteiger partial charge in [0.05, 0.1) is 0 Å². The number of nitrogens with one attached hydrogen (secondary N) is 2. The predicted molar refractivity (Wildman–Crippen MR) is 76.0 cm³/mol. The molecule has 22 heavy (non-hydrogen) atoms. The normalized spacial score (nSPS) is 16.8. The highest BCUT2D eigenvalue weighted by Gasteiger charge is 2.33. The van der Waals surface area contributed by atoms with Crippen LogP contribution in [0.15, 0.2) is 48.8 Å². The highest BCUT2D eigenvalue weighted by molar-refractivity contribution is 6.04. The Morgan fingerprint density at radius 3 is 2.36 bits per heavy atom. The van der Waals surface area contributed by atoms with Crippen LogP contribution in [0.4, 0.5) is 10.5 Å². The molecule has 1 aromatic carbocycles. The number of benzene rings is 1. The molecule has 1 unspecified atom stereocenters. The standard InChI is InChI=1S/C15H11N3O4/c19-13(10-5-7-16-8-6-10)17-11-3-1-9(2-4-11)12-14(20)18-15(21)22-12/h1-8,12H,(H,17,19)(H,18,20,21). The van der Waals surface area contributed by atoms with Crippen LogP contribution in [-0.2, 0) is 9.53 Å². The summed E-state index contributed by atoms with van der Waals surface area (Å²) in [4.78, 5) is 38.3. The predicted octanol–water partition coefficient (Wildman–Crippen LogP) is 1.64. The Kier molecular flexibility index (Phi) is 3.53. The van der Waals surface area contributed by atoms with Gasteiger partial charge in [-0.1, -0.05) is 12.1 Å². The number of ether oxygens (including phenoxy) is 1. The molecular formula is C15H11N3O4. The third-order valence-electron chi connectivity index (χ3n) is 3.10. The Labute approximate surface area is 125 Å². The second-order valence-corrected chi connectivity index (χ2v) is 4.59. The van der Waals surface area contributed by atoms with Crippen LogP contribution in [0.5, 0.6) is 0 Å². The molecule has 1 fully saturated rings. The molecule has 7 nitrogen and oxygen atoms in total. The fraction of sp³-hybridized carbons (Fsp3) is 0.0667. The number of hydrogen-bond donors (Lipinski definition) is 2. The van der Waals surface area contributed by atoms with Crippen LogP contribution in [0.3, 0.4) is 0 Å². The van der Waals surface area contributed by atoms with Crippen molar-refractivity contribution in [3.63, 3.8) is 0 Å². The van der Waals surface area contributed by atoms with E-state index in [0.29, 0.717) is 16.8 Å². The molecule has 2 N–H and O–H groups in total. The number of nitrogens with zero attached hydrogens (tertiary/aromatic N) is 1. The summed E-state index contributed by atoms with van der Waals surface area (Å²) >= 11 is 0. The summed E-state index contributed by atoms with van der Waals surface area (Å²) < 4.78 is 4.86. The minimum atomic E-state index is -0.947. The largest absolute Gasteiger partial charge is 0.431 e. The molecule has 2 aromatic rings. The van der Waals surface area contributed by atoms with Crippen molar-refractivity contribution in [1.29, 1.82) is 0 Å². The van der Waals surface area contributed by atoms with Gasteiger partial charge in [0.1, 0.15) is 0 Å². The summed E-state index contributed by atoms with van der Waals surface area (Å²) in [6.07, 6.45) is 1.36. The van der Waals surface area contributed by atoms with E-state index in [2.05, 4.69) is 15.6 Å². The first-order valence-corrected chi connectivity index (χ1v) is 6.46. The van der Waals surface area contributed by atoms with E-state index in [9.17, 15) is 14.4 Å². The third-order valence-corrected chi connectivity index (χ3v) is 3.10. The Hall–Kier alpha value is -3.22. The smallest absolute Gasteiger partial charge is 0.415 e. The Morgan fingerprint density at radius 2 is 1.77 bits per heavy atom. The maximum Gasteiger partial charge on any atom is 0.415 e. The van der Waals surface area contributed by atoms with Crippen LogP contribution in [0.2, 0.25) is 0 Å². The molecule has 0 saturated carbocycles. The van der Waals surface area contributed by atoms with Gasteiger partial charge in [0.2, 0.25) is 6.10 Å². The van der Waals surface area contributed by atoms with Gasteiger partial charge < -0.3 is 10.1 Å². The molecule has 1 atom stereocenters. The van der Waals surface area contributed by atoms with Crippen LogP contribution >= 0.6 is 0 Å². The minimum Gasteiger partial charge on any atom is -0.431 e. The zero-order valence-corrected chi connectivity index (χ0v) is 11.3. The summed E-state index contributed by atoms with van der Waals surface area (Å²) in [7, 11) is 0. The lowest BCUT2D eigenvalue weighted by atomic mass is 10.1. The third kappa shape index (κ3) is 2.78. The molecule has 7 heteroatoms. The SMILES string of the molecule is O=C1NC(=O)C(c2ccc(NC(=O)c3ccncc3)cc2)O1. The average Bonchev–Trinajstić information content (AvgIpc) is 2.87. The second kappa shape index (κ2) is 5.65. The van der Waals surface area contributed by atoms with Crippen molar-refractivity contribution in [2.45, 2.75) is 6.10 Å². The van der Waals surface area contributed by atoms with E-state index in [-0.39, 0.29) is 5.91 Å². The Balaban J connectivity index is 1.71. The molecule has 0 spiro atoms. The number of carbonyl (C=O) groups is 3. The molecule has 110 valence electrons. The molecule has 1 aliphatic rings. The first kappa shape index (κ1) is 13.7. The minimum absolute atomic E-state index is 0.264. The van der Waals surface area contributed by atoms with Crippen LogP contribution in [-0.4, -0.2) is 22.9 Å². The summed E-state index contributed by atoms with van der Waals surface area (Å²) in [5, 5.41) is 4.78. The molecule has 3 amide bonds. The number of amides is 3. The van der Waals surface area contributed by atoms with E-state index >= 15 is 0 Å². The Bertz CT molecular complexity index is 728. The highest BCUT2D eigenvalue weighted by Crippen LogP contribution is 2.23. The lowest BCUT2D eigenvalue weighted by molar-refractivity contribution is -0.123. The fourth-order valence-corrected chi connectivity index (χ4v) is 2.02. The van der Waals surface area contributed by atoms with Gasteiger partial charge in [-0.3, -0.25) is 19.9 Å². The average molecular weight is 297 g/mol. The van der Waals surface area contributed by atoms with Crippen LogP contribution in [0, 0.1) is 0 Å². The maximum absolute atomic E-state index is 12.0. The first-order chi connectivity index (χ1) is 10.6. The van der Waals surface area contributed by atoms with E-state index in [1.807, 2.05) is 0 Å². The van der Waals surface area contributed by atoms with Crippen molar-refractivity contribution in [3.05, 3.63) is 59.9 Å². The Morgan fingerprint density at radius 1 is 1.09 bits per heavy atom. The van der Waals surface area contributed by atoms with E-state index in [1.165, 1.54) is 12.4 Å². The van der Waals surface area contributed by atoms with Gasteiger partial charge in [-0.25, -0.2) is 4.79 Å². The van der Waals surface area contributed by atoms with Crippen LogP contribution in [0.1, 0.15) is 22.0 Å².